The van der Waals surface area contributed by atoms with Crippen molar-refractivity contribution in [3.8, 4) is 0 Å². The Bertz CT molecular complexity index is 276. The molecule has 0 aliphatic carbocycles. The fraction of sp³-hybridized carbons (Fsp3) is 1.00. The molecule has 9 nitrogen and oxygen atoms in total. The fourth-order valence-corrected chi connectivity index (χ4v) is 3.06. The number of hydrogen-bond donors (Lipinski definition) is 6. The quantitative estimate of drug-likeness (QED) is 0.212. The van der Waals surface area contributed by atoms with Crippen molar-refractivity contribution in [2.75, 3.05) is 6.54 Å². The third-order valence-electron chi connectivity index (χ3n) is 1.65. The van der Waals surface area contributed by atoms with Crippen LogP contribution in [0.15, 0.2) is 0 Å². The van der Waals surface area contributed by atoms with Crippen LogP contribution in [-0.2, 0) is 9.13 Å². The number of rotatable bonds is 5. The molecule has 0 aliphatic heterocycles. The van der Waals surface area contributed by atoms with Crippen LogP contribution in [0, 0.1) is 0 Å². The normalized spacial score (nSPS) is 11.9. The third kappa shape index (κ3) is 7.51. The first-order chi connectivity index (χ1) is 6.06. The zero-order valence-corrected chi connectivity index (χ0v) is 15.4. The summed E-state index contributed by atoms with van der Waals surface area (Å²) < 4.78 is 21.4. The van der Waals surface area contributed by atoms with Gasteiger partial charge in [-0.15, -0.1) is 0 Å². The van der Waals surface area contributed by atoms with Crippen LogP contribution in [0.1, 0.15) is 15.7 Å². The van der Waals surface area contributed by atoms with Crippen molar-refractivity contribution in [2.24, 2.45) is 5.73 Å². The molecule has 0 heterocycles. The topological polar surface area (TPSA) is 193 Å². The van der Waals surface area contributed by atoms with Gasteiger partial charge in [-0.3, -0.25) is 9.13 Å². The molecule has 17 heavy (non-hydrogen) atoms. The molecule has 0 rings (SSSR count). The maximum absolute atomic E-state index is 10.7. The zero-order chi connectivity index (χ0) is 11.6. The minimum atomic E-state index is -5.30. The molecule has 0 saturated carbocycles. The van der Waals surface area contributed by atoms with Crippen LogP contribution in [0.2, 0.25) is 0 Å². The fourth-order valence-electron chi connectivity index (χ4n) is 0.800. The van der Waals surface area contributed by atoms with E-state index in [2.05, 4.69) is 0 Å². The van der Waals surface area contributed by atoms with Crippen LogP contribution >= 0.6 is 15.2 Å². The van der Waals surface area contributed by atoms with E-state index in [1.165, 1.54) is 0 Å². The maximum atomic E-state index is 10.7. The Labute approximate surface area is 145 Å². The molecule has 0 unspecified atom stereocenters. The Balaban J connectivity index is -0.0000000845. The van der Waals surface area contributed by atoms with E-state index >= 15 is 0 Å². The molecule has 0 bridgehead atoms. The summed E-state index contributed by atoms with van der Waals surface area (Å²) in [4.78, 5) is 34.5. The van der Waals surface area contributed by atoms with Crippen LogP contribution in [0.3, 0.4) is 0 Å². The van der Waals surface area contributed by atoms with Crippen molar-refractivity contribution in [2.45, 2.75) is 17.9 Å². The summed E-state index contributed by atoms with van der Waals surface area (Å²) >= 11 is 0. The van der Waals surface area contributed by atoms with Gasteiger partial charge in [-0.05, 0) is 13.0 Å². The van der Waals surface area contributed by atoms with Crippen molar-refractivity contribution in [1.82, 2.24) is 0 Å². The number of nitrogens with two attached hydrogens (primary N) is 1. The maximum Gasteiger partial charge on any atom is 1.00 e. The summed E-state index contributed by atoms with van der Waals surface area (Å²) in [5.74, 6) is 0. The molecule has 0 aromatic heterocycles. The Hall–Kier alpha value is 2.18. The van der Waals surface area contributed by atoms with E-state index in [9.17, 15) is 14.2 Å². The Kier molecular flexibility index (Phi) is 16.2. The Morgan fingerprint density at radius 3 is 1.53 bits per heavy atom. The van der Waals surface area contributed by atoms with E-state index in [0.29, 0.717) is 0 Å². The molecular weight excluding hydrogens is 298 g/mol. The molecule has 0 saturated heterocycles. The van der Waals surface area contributed by atoms with Crippen LogP contribution in [0.4, 0.5) is 0 Å². The second-order valence-corrected chi connectivity index (χ2v) is 6.76. The van der Waals surface area contributed by atoms with Gasteiger partial charge in [-0.25, -0.2) is 0 Å². The summed E-state index contributed by atoms with van der Waals surface area (Å²) in [6.07, 6.45) is -0.856. The standard InChI is InChI=1S/C4H13NO7P2.2Na.H2O.2H/c5-3-1-2-4(6,13(7,8)9)14(10,11)12;;;;;/h6H,1-3,5H2,(H2,7,8,9)(H2,10,11,12);;;1H2;;/q;2*+1;;2*-1. The van der Waals surface area contributed by atoms with E-state index in [4.69, 9.17) is 25.3 Å². The molecule has 13 heteroatoms. The molecule has 0 fully saturated rings. The van der Waals surface area contributed by atoms with Gasteiger partial charge in [-0.2, -0.15) is 0 Å². The Morgan fingerprint density at radius 2 is 1.35 bits per heavy atom. The molecule has 0 aromatic rings. The monoisotopic (exact) mass is 315 g/mol. The second-order valence-electron chi connectivity index (χ2n) is 2.75. The van der Waals surface area contributed by atoms with Gasteiger partial charge in [0.25, 0.3) is 5.08 Å². The SMILES string of the molecule is NCCCC(O)(P(=O)(O)O)P(=O)(O)O.O.[H-].[H-].[Na+].[Na+]. The van der Waals surface area contributed by atoms with Crippen LogP contribution in [-0.4, -0.2) is 41.8 Å². The van der Waals surface area contributed by atoms with Crippen LogP contribution in [0.5, 0.6) is 0 Å². The summed E-state index contributed by atoms with van der Waals surface area (Å²) in [5.41, 5.74) is 5.01. The van der Waals surface area contributed by atoms with E-state index in [1.807, 2.05) is 0 Å². The zero-order valence-electron chi connectivity index (χ0n) is 11.6. The molecule has 0 atom stereocenters. The first-order valence-electron chi connectivity index (χ1n) is 3.60. The minimum absolute atomic E-state index is 0. The van der Waals surface area contributed by atoms with E-state index in [1.54, 1.807) is 0 Å². The predicted octanol–water partition coefficient (Wildman–Crippen LogP) is -7.86. The van der Waals surface area contributed by atoms with Gasteiger partial charge in [0.1, 0.15) is 0 Å². The van der Waals surface area contributed by atoms with Crippen molar-refractivity contribution in [1.29, 1.82) is 0 Å². The second kappa shape index (κ2) is 9.99. The largest absolute Gasteiger partial charge is 1.00 e. The summed E-state index contributed by atoms with van der Waals surface area (Å²) in [6.45, 7) is -0.0394. The number of hydrogen-bond acceptors (Lipinski definition) is 4. The minimum Gasteiger partial charge on any atom is -1.00 e. The van der Waals surface area contributed by atoms with E-state index in [0.717, 1.165) is 0 Å². The van der Waals surface area contributed by atoms with E-state index < -0.39 is 26.7 Å². The van der Waals surface area contributed by atoms with Crippen LogP contribution in [0.25, 0.3) is 0 Å². The summed E-state index contributed by atoms with van der Waals surface area (Å²) in [7, 11) is -10.6. The smallest absolute Gasteiger partial charge is 1.00 e. The van der Waals surface area contributed by atoms with Gasteiger partial charge in [0.15, 0.2) is 0 Å². The van der Waals surface area contributed by atoms with Gasteiger partial charge in [0.2, 0.25) is 0 Å². The van der Waals surface area contributed by atoms with Gasteiger partial charge in [0, 0.05) is 6.42 Å². The van der Waals surface area contributed by atoms with Crippen molar-refractivity contribution in [3.05, 3.63) is 0 Å². The van der Waals surface area contributed by atoms with Gasteiger partial charge >= 0.3 is 74.3 Å². The van der Waals surface area contributed by atoms with Crippen molar-refractivity contribution >= 4 is 15.2 Å². The van der Waals surface area contributed by atoms with E-state index in [-0.39, 0.29) is 80.4 Å². The number of aliphatic hydroxyl groups is 1. The molecular formula is C4H17NNa2O8P2. The Morgan fingerprint density at radius 1 is 1.06 bits per heavy atom. The van der Waals surface area contributed by atoms with Gasteiger partial charge in [-0.1, -0.05) is 0 Å². The average Bonchev–Trinajstić information content (AvgIpc) is 1.95. The molecule has 0 amide bonds. The molecule has 0 aliphatic rings. The van der Waals surface area contributed by atoms with Crippen LogP contribution < -0.4 is 64.8 Å². The van der Waals surface area contributed by atoms with Crippen molar-refractivity contribution in [3.63, 3.8) is 0 Å². The molecule has 98 valence electrons. The average molecular weight is 315 g/mol. The molecule has 0 spiro atoms. The summed E-state index contributed by atoms with van der Waals surface area (Å²) in [6, 6.07) is 0. The molecule has 0 aromatic carbocycles. The predicted molar refractivity (Wildman–Crippen MR) is 53.2 cm³/mol. The third-order valence-corrected chi connectivity index (χ3v) is 5.53. The summed E-state index contributed by atoms with van der Waals surface area (Å²) in [5, 5.41) is 5.91. The van der Waals surface area contributed by atoms with Gasteiger partial charge in [0.05, 0.1) is 0 Å². The first kappa shape index (κ1) is 27.5. The molecule has 0 radical (unpaired) electrons. The van der Waals surface area contributed by atoms with Gasteiger partial charge < -0.3 is 38.7 Å². The molecule has 9 N–H and O–H groups in total. The first-order valence-corrected chi connectivity index (χ1v) is 6.82. The van der Waals surface area contributed by atoms with Crippen molar-refractivity contribution < 1.29 is 101 Å².